The Morgan fingerprint density at radius 1 is 0.647 bits per heavy atom. The molecule has 2 aromatic rings. The number of benzene rings is 2. The fourth-order valence-electron chi connectivity index (χ4n) is 2.16. The number of hydrogen-bond donors (Lipinski definition) is 0. The Balaban J connectivity index is 0.000000853. The minimum absolute atomic E-state index is 0. The third-order valence-corrected chi connectivity index (χ3v) is 3.81. The van der Waals surface area contributed by atoms with Gasteiger partial charge in [0, 0.05) is 0 Å². The average molecular weight is 453 g/mol. The summed E-state index contributed by atoms with van der Waals surface area (Å²) in [5.41, 5.74) is 5.76. The van der Waals surface area contributed by atoms with Crippen LogP contribution in [0.25, 0.3) is 11.1 Å². The van der Waals surface area contributed by atoms with Gasteiger partial charge in [-0.1, -0.05) is 0 Å². The predicted octanol–water partition coefficient (Wildman–Crippen LogP) is -5.68. The molecule has 0 bridgehead atoms. The second kappa shape index (κ2) is 7.25. The number of halogens is 3. The Morgan fingerprint density at radius 2 is 1.00 bits per heavy atom. The third kappa shape index (κ3) is 2.95. The standard InChI is InChI=1S/C13H9.3BrH.Ti/c1-3-7-12-10(5-1)9-11-6-2-4-8-13(11)12;;;;/h1-9H;3*1H;/q;;;;+3/p-3. The van der Waals surface area contributed by atoms with Crippen molar-refractivity contribution in [2.24, 2.45) is 0 Å². The molecule has 4 heteroatoms. The molecule has 0 aliphatic heterocycles. The Kier molecular flexibility index (Phi) is 7.50. The fourth-order valence-corrected chi connectivity index (χ4v) is 2.94. The summed E-state index contributed by atoms with van der Waals surface area (Å²) < 4.78 is 0.558. The van der Waals surface area contributed by atoms with Gasteiger partial charge in [0.15, 0.2) is 0 Å². The zero-order valence-electron chi connectivity index (χ0n) is 8.83. The van der Waals surface area contributed by atoms with Gasteiger partial charge in [-0.3, -0.25) is 0 Å². The van der Waals surface area contributed by atoms with E-state index in [4.69, 9.17) is 0 Å². The third-order valence-electron chi connectivity index (χ3n) is 2.83. The maximum atomic E-state index is 2.28. The molecule has 0 heterocycles. The summed E-state index contributed by atoms with van der Waals surface area (Å²) in [5, 5.41) is 0. The first-order chi connectivity index (χ1) is 6.88. The van der Waals surface area contributed by atoms with E-state index in [1.165, 1.54) is 22.3 Å². The van der Waals surface area contributed by atoms with Crippen LogP contribution in [0.2, 0.25) is 0 Å². The second-order valence-corrected chi connectivity index (χ2v) is 4.51. The number of fused-ring (bicyclic) bond motifs is 3. The predicted molar refractivity (Wildman–Crippen MR) is 53.7 cm³/mol. The number of hydrogen-bond acceptors (Lipinski definition) is 0. The van der Waals surface area contributed by atoms with Crippen LogP contribution in [0.15, 0.2) is 48.5 Å². The van der Waals surface area contributed by atoms with Crippen molar-refractivity contribution in [3.8, 4) is 11.1 Å². The van der Waals surface area contributed by atoms with Crippen LogP contribution >= 0.6 is 0 Å². The van der Waals surface area contributed by atoms with E-state index in [-0.39, 0.29) is 50.9 Å². The first-order valence-electron chi connectivity index (χ1n) is 4.77. The molecule has 0 nitrogen and oxygen atoms in total. The van der Waals surface area contributed by atoms with Gasteiger partial charge in [0.25, 0.3) is 0 Å². The van der Waals surface area contributed by atoms with E-state index in [9.17, 15) is 0 Å². The van der Waals surface area contributed by atoms with Gasteiger partial charge in [0.1, 0.15) is 0 Å². The molecule has 0 spiro atoms. The SMILES string of the molecule is [Br-].[Br-].[Br-].[Ti+3][CH]1c2ccccc2-c2ccccc21. The molecular formula is C13H9Br3Ti. The van der Waals surface area contributed by atoms with Crippen LogP contribution < -0.4 is 50.9 Å². The van der Waals surface area contributed by atoms with E-state index < -0.39 is 0 Å². The molecule has 0 radical (unpaired) electrons. The summed E-state index contributed by atoms with van der Waals surface area (Å²) >= 11 is 2.28. The maximum absolute atomic E-state index is 2.28. The van der Waals surface area contributed by atoms with Gasteiger partial charge in [-0.05, 0) is 0 Å². The molecule has 86 valence electrons. The molecule has 0 aromatic heterocycles. The van der Waals surface area contributed by atoms with E-state index in [1.807, 2.05) is 0 Å². The first-order valence-corrected chi connectivity index (χ1v) is 5.67. The Morgan fingerprint density at radius 3 is 1.41 bits per heavy atom. The van der Waals surface area contributed by atoms with E-state index in [0.29, 0.717) is 4.22 Å². The van der Waals surface area contributed by atoms with Crippen LogP contribution in [-0.4, -0.2) is 0 Å². The van der Waals surface area contributed by atoms with Crippen LogP contribution in [0.1, 0.15) is 15.3 Å². The molecule has 17 heavy (non-hydrogen) atoms. The normalized spacial score (nSPS) is 11.4. The average Bonchev–Trinajstić information content (AvgIpc) is 2.55. The van der Waals surface area contributed by atoms with Crippen molar-refractivity contribution < 1.29 is 71.4 Å². The van der Waals surface area contributed by atoms with Gasteiger partial charge < -0.3 is 50.9 Å². The van der Waals surface area contributed by atoms with E-state index in [0.717, 1.165) is 0 Å². The molecular weight excluding hydrogens is 444 g/mol. The molecule has 0 saturated heterocycles. The molecule has 1 aliphatic rings. The van der Waals surface area contributed by atoms with Crippen molar-refractivity contribution >= 4 is 0 Å². The zero-order valence-corrected chi connectivity index (χ0v) is 15.1. The van der Waals surface area contributed by atoms with Crippen LogP contribution in [0.3, 0.4) is 0 Å². The number of rotatable bonds is 0. The molecule has 0 amide bonds. The van der Waals surface area contributed by atoms with E-state index in [2.05, 4.69) is 69.0 Å². The minimum atomic E-state index is 0. The van der Waals surface area contributed by atoms with Crippen LogP contribution in [0.4, 0.5) is 0 Å². The van der Waals surface area contributed by atoms with Crippen molar-refractivity contribution in [3.63, 3.8) is 0 Å². The molecule has 0 fully saturated rings. The van der Waals surface area contributed by atoms with Crippen LogP contribution in [0, 0.1) is 0 Å². The first kappa shape index (κ1) is 17.6. The van der Waals surface area contributed by atoms with E-state index >= 15 is 0 Å². The van der Waals surface area contributed by atoms with E-state index in [1.54, 1.807) is 0 Å². The molecule has 1 aliphatic carbocycles. The molecule has 3 rings (SSSR count). The Hall–Kier alpha value is 0.594. The van der Waals surface area contributed by atoms with Gasteiger partial charge in [0.05, 0.1) is 0 Å². The summed E-state index contributed by atoms with van der Waals surface area (Å²) in [5.74, 6) is 0. The van der Waals surface area contributed by atoms with Gasteiger partial charge in [0.2, 0.25) is 0 Å². The quantitative estimate of drug-likeness (QED) is 0.350. The Labute approximate surface area is 145 Å². The van der Waals surface area contributed by atoms with Crippen molar-refractivity contribution in [2.75, 3.05) is 0 Å². The molecule has 0 N–H and O–H groups in total. The second-order valence-electron chi connectivity index (χ2n) is 3.61. The summed E-state index contributed by atoms with van der Waals surface area (Å²) in [6.45, 7) is 0. The summed E-state index contributed by atoms with van der Waals surface area (Å²) in [6.07, 6.45) is 0. The van der Waals surface area contributed by atoms with Gasteiger partial charge in [-0.2, -0.15) is 0 Å². The summed E-state index contributed by atoms with van der Waals surface area (Å²) in [6, 6.07) is 17.4. The monoisotopic (exact) mass is 450 g/mol. The van der Waals surface area contributed by atoms with Crippen molar-refractivity contribution in [2.45, 2.75) is 4.22 Å². The molecule has 0 saturated carbocycles. The van der Waals surface area contributed by atoms with Gasteiger partial charge in [-0.15, -0.1) is 0 Å². The molecule has 2 aromatic carbocycles. The Bertz CT molecular complexity index is 454. The summed E-state index contributed by atoms with van der Waals surface area (Å²) in [7, 11) is 0. The zero-order chi connectivity index (χ0) is 9.54. The topological polar surface area (TPSA) is 0 Å². The van der Waals surface area contributed by atoms with Gasteiger partial charge in [-0.25, -0.2) is 0 Å². The van der Waals surface area contributed by atoms with Crippen molar-refractivity contribution in [3.05, 3.63) is 59.7 Å². The molecule has 0 atom stereocenters. The van der Waals surface area contributed by atoms with Crippen molar-refractivity contribution in [1.82, 2.24) is 0 Å². The molecule has 0 unspecified atom stereocenters. The van der Waals surface area contributed by atoms with Crippen LogP contribution in [-0.2, 0) is 20.4 Å². The summed E-state index contributed by atoms with van der Waals surface area (Å²) in [4.78, 5) is 0. The van der Waals surface area contributed by atoms with Crippen molar-refractivity contribution in [1.29, 1.82) is 0 Å². The van der Waals surface area contributed by atoms with Crippen LogP contribution in [0.5, 0.6) is 0 Å². The van der Waals surface area contributed by atoms with Gasteiger partial charge >= 0.3 is 95.4 Å². The fraction of sp³-hybridized carbons (Fsp3) is 0.0769.